The highest BCUT2D eigenvalue weighted by Crippen LogP contribution is 2.31. The highest BCUT2D eigenvalue weighted by atomic mass is 35.5. The van der Waals surface area contributed by atoms with E-state index in [0.29, 0.717) is 21.4 Å². The van der Waals surface area contributed by atoms with Crippen LogP contribution in [0.5, 0.6) is 11.5 Å². The predicted octanol–water partition coefficient (Wildman–Crippen LogP) is 5.87. The summed E-state index contributed by atoms with van der Waals surface area (Å²) < 4.78 is 5.73. The summed E-state index contributed by atoms with van der Waals surface area (Å²) in [6.45, 7) is 0. The lowest BCUT2D eigenvalue weighted by atomic mass is 10.0. The number of para-hydroxylation sites is 1. The minimum Gasteiger partial charge on any atom is -0.457 e. The van der Waals surface area contributed by atoms with Gasteiger partial charge in [-0.1, -0.05) is 59.6 Å². The molecule has 2 nitrogen and oxygen atoms in total. The number of benzene rings is 3. The molecule has 3 aromatic carbocycles. The Hall–Kier alpha value is -2.00. The van der Waals surface area contributed by atoms with Crippen molar-refractivity contribution >= 4 is 23.2 Å². The van der Waals surface area contributed by atoms with Crippen LogP contribution in [-0.4, -0.2) is 5.11 Å². The molecular formula is C19H14Cl2O2. The van der Waals surface area contributed by atoms with Gasteiger partial charge in [0.25, 0.3) is 0 Å². The molecule has 0 fully saturated rings. The second kappa shape index (κ2) is 7.05. The number of rotatable bonds is 4. The summed E-state index contributed by atoms with van der Waals surface area (Å²) in [5.41, 5.74) is 1.35. The van der Waals surface area contributed by atoms with Crippen LogP contribution in [0.25, 0.3) is 0 Å². The van der Waals surface area contributed by atoms with Crippen molar-refractivity contribution in [3.63, 3.8) is 0 Å². The zero-order valence-corrected chi connectivity index (χ0v) is 13.6. The van der Waals surface area contributed by atoms with Gasteiger partial charge < -0.3 is 9.84 Å². The Kier molecular flexibility index (Phi) is 4.87. The molecule has 3 rings (SSSR count). The normalized spacial score (nSPS) is 12.0. The van der Waals surface area contributed by atoms with Gasteiger partial charge in [-0.15, -0.1) is 0 Å². The number of hydrogen-bond acceptors (Lipinski definition) is 2. The Labute approximate surface area is 144 Å². The molecule has 0 unspecified atom stereocenters. The molecule has 1 atom stereocenters. The Morgan fingerprint density at radius 3 is 2.09 bits per heavy atom. The highest BCUT2D eigenvalue weighted by Gasteiger charge is 2.14. The SMILES string of the molecule is O[C@@H](c1ccc(Oc2ccccc2)cc1)c1ccc(Cl)cc1Cl. The Bertz CT molecular complexity index is 786. The van der Waals surface area contributed by atoms with Crippen molar-refractivity contribution in [1.82, 2.24) is 0 Å². The van der Waals surface area contributed by atoms with Crippen LogP contribution in [0.1, 0.15) is 17.2 Å². The van der Waals surface area contributed by atoms with Crippen molar-refractivity contribution in [1.29, 1.82) is 0 Å². The predicted molar refractivity (Wildman–Crippen MR) is 93.5 cm³/mol. The van der Waals surface area contributed by atoms with Gasteiger partial charge in [-0.25, -0.2) is 0 Å². The average molecular weight is 345 g/mol. The van der Waals surface area contributed by atoms with Crippen LogP contribution >= 0.6 is 23.2 Å². The number of hydrogen-bond donors (Lipinski definition) is 1. The van der Waals surface area contributed by atoms with E-state index in [-0.39, 0.29) is 0 Å². The van der Waals surface area contributed by atoms with Gasteiger partial charge in [-0.3, -0.25) is 0 Å². The fourth-order valence-corrected chi connectivity index (χ4v) is 2.76. The molecule has 0 aliphatic carbocycles. The highest BCUT2D eigenvalue weighted by molar-refractivity contribution is 6.35. The lowest BCUT2D eigenvalue weighted by molar-refractivity contribution is 0.220. The largest absolute Gasteiger partial charge is 0.457 e. The maximum absolute atomic E-state index is 10.5. The molecule has 0 aromatic heterocycles. The monoisotopic (exact) mass is 344 g/mol. The molecule has 0 spiro atoms. The van der Waals surface area contributed by atoms with E-state index in [1.807, 2.05) is 54.6 Å². The van der Waals surface area contributed by atoms with Gasteiger partial charge in [0.2, 0.25) is 0 Å². The van der Waals surface area contributed by atoms with E-state index in [1.165, 1.54) is 0 Å². The number of halogens is 2. The van der Waals surface area contributed by atoms with Gasteiger partial charge in [-0.2, -0.15) is 0 Å². The van der Waals surface area contributed by atoms with Gasteiger partial charge in [0, 0.05) is 15.6 Å². The van der Waals surface area contributed by atoms with E-state index in [9.17, 15) is 5.11 Å². The van der Waals surface area contributed by atoms with Crippen LogP contribution in [0.15, 0.2) is 72.8 Å². The Morgan fingerprint density at radius 2 is 1.43 bits per heavy atom. The van der Waals surface area contributed by atoms with E-state index in [0.717, 1.165) is 11.3 Å². The third kappa shape index (κ3) is 3.85. The molecule has 0 bridgehead atoms. The molecule has 0 saturated carbocycles. The van der Waals surface area contributed by atoms with Crippen molar-refractivity contribution in [3.8, 4) is 11.5 Å². The smallest absolute Gasteiger partial charge is 0.127 e. The Balaban J connectivity index is 1.78. The molecule has 0 aliphatic rings. The molecular weight excluding hydrogens is 331 g/mol. The van der Waals surface area contributed by atoms with Gasteiger partial charge in [0.05, 0.1) is 0 Å². The number of aliphatic hydroxyl groups excluding tert-OH is 1. The minimum atomic E-state index is -0.814. The molecule has 1 N–H and O–H groups in total. The maximum Gasteiger partial charge on any atom is 0.127 e. The molecule has 23 heavy (non-hydrogen) atoms. The van der Waals surface area contributed by atoms with Crippen molar-refractivity contribution in [2.45, 2.75) is 6.10 Å². The third-order valence-corrected chi connectivity index (χ3v) is 3.99. The molecule has 0 heterocycles. The zero-order chi connectivity index (χ0) is 16.2. The van der Waals surface area contributed by atoms with Crippen molar-refractivity contribution < 1.29 is 9.84 Å². The zero-order valence-electron chi connectivity index (χ0n) is 12.1. The van der Waals surface area contributed by atoms with Crippen LogP contribution in [0.4, 0.5) is 0 Å². The average Bonchev–Trinajstić information content (AvgIpc) is 2.56. The molecule has 0 saturated heterocycles. The van der Waals surface area contributed by atoms with Gasteiger partial charge in [0.15, 0.2) is 0 Å². The van der Waals surface area contributed by atoms with Crippen molar-refractivity contribution in [2.75, 3.05) is 0 Å². The first kappa shape index (κ1) is 15.9. The van der Waals surface area contributed by atoms with Gasteiger partial charge in [0.1, 0.15) is 17.6 Å². The Morgan fingerprint density at radius 1 is 0.783 bits per heavy atom. The van der Waals surface area contributed by atoms with E-state index in [2.05, 4.69) is 0 Å². The topological polar surface area (TPSA) is 29.5 Å². The van der Waals surface area contributed by atoms with Crippen LogP contribution < -0.4 is 4.74 Å². The van der Waals surface area contributed by atoms with E-state index < -0.39 is 6.10 Å². The summed E-state index contributed by atoms with van der Waals surface area (Å²) in [5.74, 6) is 1.47. The first-order valence-electron chi connectivity index (χ1n) is 7.09. The van der Waals surface area contributed by atoms with Gasteiger partial charge >= 0.3 is 0 Å². The van der Waals surface area contributed by atoms with E-state index >= 15 is 0 Å². The lowest BCUT2D eigenvalue weighted by Gasteiger charge is -2.14. The summed E-state index contributed by atoms with van der Waals surface area (Å²) >= 11 is 12.0. The molecule has 3 aromatic rings. The van der Waals surface area contributed by atoms with Crippen molar-refractivity contribution in [3.05, 3.63) is 94.0 Å². The van der Waals surface area contributed by atoms with Gasteiger partial charge in [-0.05, 0) is 42.0 Å². The summed E-state index contributed by atoms with van der Waals surface area (Å²) in [6, 6.07) is 21.8. The summed E-state index contributed by atoms with van der Waals surface area (Å²) in [7, 11) is 0. The van der Waals surface area contributed by atoms with E-state index in [1.54, 1.807) is 18.2 Å². The first-order chi connectivity index (χ1) is 11.1. The van der Waals surface area contributed by atoms with Crippen LogP contribution in [0, 0.1) is 0 Å². The van der Waals surface area contributed by atoms with Crippen LogP contribution in [-0.2, 0) is 0 Å². The standard InChI is InChI=1S/C19H14Cl2O2/c20-14-8-11-17(18(21)12-14)19(22)13-6-9-16(10-7-13)23-15-4-2-1-3-5-15/h1-12,19,22H/t19-/m0/s1. The molecule has 4 heteroatoms. The minimum absolute atomic E-state index is 0.439. The molecule has 0 amide bonds. The van der Waals surface area contributed by atoms with Crippen LogP contribution in [0.3, 0.4) is 0 Å². The second-order valence-electron chi connectivity index (χ2n) is 5.05. The maximum atomic E-state index is 10.5. The van der Waals surface area contributed by atoms with E-state index in [4.69, 9.17) is 27.9 Å². The summed E-state index contributed by atoms with van der Waals surface area (Å²) in [5, 5.41) is 11.5. The number of ether oxygens (including phenoxy) is 1. The van der Waals surface area contributed by atoms with Crippen molar-refractivity contribution in [2.24, 2.45) is 0 Å². The third-order valence-electron chi connectivity index (χ3n) is 3.43. The molecule has 116 valence electrons. The summed E-state index contributed by atoms with van der Waals surface area (Å²) in [6.07, 6.45) is -0.814. The first-order valence-corrected chi connectivity index (χ1v) is 7.85. The molecule has 0 aliphatic heterocycles. The fourth-order valence-electron chi connectivity index (χ4n) is 2.25. The quantitative estimate of drug-likeness (QED) is 0.641. The molecule has 0 radical (unpaired) electrons. The van der Waals surface area contributed by atoms with Crippen LogP contribution in [0.2, 0.25) is 10.0 Å². The summed E-state index contributed by atoms with van der Waals surface area (Å²) in [4.78, 5) is 0. The number of aliphatic hydroxyl groups is 1. The lowest BCUT2D eigenvalue weighted by Crippen LogP contribution is -2.00. The second-order valence-corrected chi connectivity index (χ2v) is 5.90. The fraction of sp³-hybridized carbons (Fsp3) is 0.0526.